The number of nitrogens with zero attached hydrogens (tertiary/aromatic N) is 6. The van der Waals surface area contributed by atoms with Crippen LogP contribution in [0.5, 0.6) is 17.2 Å². The molecule has 2 fully saturated rings. The van der Waals surface area contributed by atoms with Crippen LogP contribution in [0.15, 0.2) is 83.9 Å². The first-order valence-corrected chi connectivity index (χ1v) is 22.4. The number of aromatic nitrogens is 3. The smallest absolute Gasteiger partial charge is 0.162 e. The number of likely N-dealkylation sites (tertiary alicyclic amines) is 1. The van der Waals surface area contributed by atoms with Crippen molar-refractivity contribution in [2.75, 3.05) is 44.2 Å². The predicted molar refractivity (Wildman–Crippen MR) is 241 cm³/mol. The number of phenols is 1. The minimum absolute atomic E-state index is 0.00100. The molecular formula is C50H49F3N6O3S. The maximum atomic E-state index is 15.4. The molecule has 10 rings (SSSR count). The van der Waals surface area contributed by atoms with Crippen LogP contribution in [0.2, 0.25) is 0 Å². The Bertz CT molecular complexity index is 2790. The van der Waals surface area contributed by atoms with E-state index in [0.717, 1.165) is 90.5 Å². The molecule has 0 aliphatic carbocycles. The summed E-state index contributed by atoms with van der Waals surface area (Å²) in [5.41, 5.74) is 7.32. The number of hydrogen-bond donors (Lipinski definition) is 1. The third kappa shape index (κ3) is 7.38. The fraction of sp³-hybridized carbons (Fsp3) is 0.340. The van der Waals surface area contributed by atoms with E-state index in [-0.39, 0.29) is 28.3 Å². The molecule has 4 aliphatic rings. The van der Waals surface area contributed by atoms with Crippen LogP contribution in [0.4, 0.5) is 18.9 Å². The van der Waals surface area contributed by atoms with E-state index in [4.69, 9.17) is 14.5 Å². The van der Waals surface area contributed by atoms with E-state index in [9.17, 15) is 9.50 Å². The molecule has 9 nitrogen and oxygen atoms in total. The topological polar surface area (TPSA) is 88.2 Å². The van der Waals surface area contributed by atoms with Gasteiger partial charge in [-0.05, 0) is 132 Å². The number of allylic oxidation sites excluding steroid dienone is 1. The van der Waals surface area contributed by atoms with Gasteiger partial charge < -0.3 is 19.5 Å². The Morgan fingerprint density at radius 1 is 0.873 bits per heavy atom. The minimum atomic E-state index is -1.01. The van der Waals surface area contributed by atoms with Crippen molar-refractivity contribution in [2.24, 2.45) is 10.4 Å². The van der Waals surface area contributed by atoms with Crippen molar-refractivity contribution in [3.05, 3.63) is 146 Å². The Balaban J connectivity index is 0.792. The van der Waals surface area contributed by atoms with Crippen molar-refractivity contribution in [1.29, 1.82) is 0 Å². The van der Waals surface area contributed by atoms with Gasteiger partial charge in [-0.1, -0.05) is 12.1 Å². The normalized spacial score (nSPS) is 20.9. The molecule has 2 unspecified atom stereocenters. The molecule has 2 saturated heterocycles. The lowest BCUT2D eigenvalue weighted by Crippen LogP contribution is -2.46. The summed E-state index contributed by atoms with van der Waals surface area (Å²) in [7, 11) is 0. The molecule has 0 amide bonds. The van der Waals surface area contributed by atoms with Crippen LogP contribution in [-0.2, 0) is 0 Å². The van der Waals surface area contributed by atoms with Gasteiger partial charge in [-0.2, -0.15) is 0 Å². The molecule has 4 aromatic carbocycles. The molecule has 3 atom stereocenters. The largest absolute Gasteiger partial charge is 0.508 e. The zero-order valence-corrected chi connectivity index (χ0v) is 36.8. The average molecular weight is 871 g/mol. The highest BCUT2D eigenvalue weighted by Gasteiger charge is 2.42. The standard InChI is InChI=1S/C50H49F3N6O3S/c1-28-31(4)63-49-44(28)46(54-30(3)48-56-55-32(5)59(48)49)33-9-14-38(15-10-33)61-22-21-57-19-6-17-50(26-57)18-20-58(27-50)36-11-7-34(8-12-36)47-43(45-40(52)23-35(51)24-41(45)53)29(2)39-25-37(60)13-16-42(39)62-47/h7-16,23-25,30,47,60H,6,17-22,26-27H2,1-5H3/t30-,47?,50?/m0/s1. The van der Waals surface area contributed by atoms with Gasteiger partial charge in [0, 0.05) is 76.6 Å². The zero-order chi connectivity index (χ0) is 43.7. The maximum absolute atomic E-state index is 15.4. The molecule has 4 aliphatic heterocycles. The Hall–Kier alpha value is -5.92. The van der Waals surface area contributed by atoms with Crippen molar-refractivity contribution in [3.63, 3.8) is 0 Å². The third-order valence-electron chi connectivity index (χ3n) is 13.5. The first-order chi connectivity index (χ1) is 30.4. The molecule has 13 heteroatoms. The Morgan fingerprint density at radius 2 is 1.63 bits per heavy atom. The number of hydrogen-bond acceptors (Lipinski definition) is 9. The number of aromatic hydroxyl groups is 1. The van der Waals surface area contributed by atoms with Gasteiger partial charge in [-0.3, -0.25) is 14.5 Å². The fourth-order valence-corrected chi connectivity index (χ4v) is 11.3. The molecule has 1 spiro atoms. The van der Waals surface area contributed by atoms with Crippen molar-refractivity contribution < 1.29 is 27.8 Å². The van der Waals surface area contributed by atoms with E-state index in [2.05, 4.69) is 57.5 Å². The highest BCUT2D eigenvalue weighted by Crippen LogP contribution is 2.49. The number of anilines is 1. The van der Waals surface area contributed by atoms with Crippen molar-refractivity contribution in [1.82, 2.24) is 19.7 Å². The number of fused-ring (bicyclic) bond motifs is 4. The number of aryl methyl sites for hydroxylation is 2. The quantitative estimate of drug-likeness (QED) is 0.163. The number of thiophene rings is 1. The van der Waals surface area contributed by atoms with Gasteiger partial charge in [0.25, 0.3) is 0 Å². The lowest BCUT2D eigenvalue weighted by Gasteiger charge is -2.40. The summed E-state index contributed by atoms with van der Waals surface area (Å²) < 4.78 is 59.7. The molecule has 6 heterocycles. The first-order valence-electron chi connectivity index (χ1n) is 21.6. The summed E-state index contributed by atoms with van der Waals surface area (Å²) in [5, 5.41) is 20.2. The zero-order valence-electron chi connectivity index (χ0n) is 36.0. The van der Waals surface area contributed by atoms with E-state index >= 15 is 8.78 Å². The number of ether oxygens (including phenoxy) is 2. The SMILES string of the molecule is CC1=C(c2c(F)cc(F)cc2F)C(c2ccc(N3CCC4(CCCN(CCOc5ccc(C6=N[C@@H](C)c7nnc(C)n7-c7sc(C)c(C)c76)cc5)C4)C3)cc2)Oc2ccc(O)cc21. The molecule has 324 valence electrons. The molecule has 0 radical (unpaired) electrons. The summed E-state index contributed by atoms with van der Waals surface area (Å²) in [6.45, 7) is 15.5. The summed E-state index contributed by atoms with van der Waals surface area (Å²) in [6, 6.07) is 22.2. The number of phenolic OH excluding ortho intramolecular Hbond substituents is 1. The second-order valence-electron chi connectivity index (χ2n) is 17.5. The van der Waals surface area contributed by atoms with Crippen molar-refractivity contribution >= 4 is 33.9 Å². The monoisotopic (exact) mass is 870 g/mol. The van der Waals surface area contributed by atoms with E-state index in [1.807, 2.05) is 43.3 Å². The Kier molecular flexibility index (Phi) is 10.4. The summed E-state index contributed by atoms with van der Waals surface area (Å²) in [4.78, 5) is 11.4. The maximum Gasteiger partial charge on any atom is 0.162 e. The van der Waals surface area contributed by atoms with Crippen LogP contribution in [0.25, 0.3) is 16.1 Å². The summed E-state index contributed by atoms with van der Waals surface area (Å²) in [5.74, 6) is 0.0256. The van der Waals surface area contributed by atoms with Crippen LogP contribution >= 0.6 is 11.3 Å². The molecular weight excluding hydrogens is 822 g/mol. The number of benzene rings is 4. The van der Waals surface area contributed by atoms with Crippen LogP contribution in [0, 0.1) is 43.6 Å². The predicted octanol–water partition coefficient (Wildman–Crippen LogP) is 10.7. The highest BCUT2D eigenvalue weighted by molar-refractivity contribution is 7.15. The minimum Gasteiger partial charge on any atom is -0.508 e. The van der Waals surface area contributed by atoms with Crippen LogP contribution < -0.4 is 14.4 Å². The second-order valence-corrected chi connectivity index (χ2v) is 18.7. The molecule has 63 heavy (non-hydrogen) atoms. The first kappa shape index (κ1) is 41.1. The molecule has 1 N–H and O–H groups in total. The van der Waals surface area contributed by atoms with E-state index in [1.165, 1.54) is 29.0 Å². The van der Waals surface area contributed by atoms with Gasteiger partial charge in [-0.25, -0.2) is 13.2 Å². The lowest BCUT2D eigenvalue weighted by atomic mass is 9.79. The molecule has 0 bridgehead atoms. The Morgan fingerprint density at radius 3 is 2.40 bits per heavy atom. The summed E-state index contributed by atoms with van der Waals surface area (Å²) in [6.07, 6.45) is 2.52. The molecule has 2 aromatic heterocycles. The van der Waals surface area contributed by atoms with Crippen molar-refractivity contribution in [2.45, 2.75) is 66.0 Å². The van der Waals surface area contributed by atoms with Gasteiger partial charge in [-0.15, -0.1) is 21.5 Å². The molecule has 6 aromatic rings. The third-order valence-corrected chi connectivity index (χ3v) is 14.6. The number of halogens is 3. The average Bonchev–Trinajstić information content (AvgIpc) is 3.92. The number of piperidine rings is 1. The number of aliphatic imine (C=N–C) groups is 1. The number of rotatable bonds is 8. The van der Waals surface area contributed by atoms with E-state index in [1.54, 1.807) is 24.3 Å². The van der Waals surface area contributed by atoms with Gasteiger partial charge in [0.1, 0.15) is 64.3 Å². The van der Waals surface area contributed by atoms with Crippen LogP contribution in [-0.4, -0.2) is 69.8 Å². The lowest BCUT2D eigenvalue weighted by molar-refractivity contribution is 0.0913. The van der Waals surface area contributed by atoms with E-state index < -0.39 is 23.6 Å². The highest BCUT2D eigenvalue weighted by atomic mass is 32.1. The van der Waals surface area contributed by atoms with Gasteiger partial charge in [0.05, 0.1) is 11.3 Å². The van der Waals surface area contributed by atoms with E-state index in [0.29, 0.717) is 41.2 Å². The van der Waals surface area contributed by atoms with Gasteiger partial charge >= 0.3 is 0 Å². The van der Waals surface area contributed by atoms with Gasteiger partial charge in [0.15, 0.2) is 5.82 Å². The second kappa shape index (κ2) is 16.0. The molecule has 0 saturated carbocycles. The van der Waals surface area contributed by atoms with Gasteiger partial charge in [0.2, 0.25) is 0 Å². The Labute approximate surface area is 369 Å². The van der Waals surface area contributed by atoms with Crippen LogP contribution in [0.3, 0.4) is 0 Å². The van der Waals surface area contributed by atoms with Crippen LogP contribution in [0.1, 0.15) is 95.2 Å². The fourth-order valence-electron chi connectivity index (χ4n) is 10.1. The van der Waals surface area contributed by atoms with Crippen molar-refractivity contribution in [3.8, 4) is 22.2 Å². The summed E-state index contributed by atoms with van der Waals surface area (Å²) >= 11 is 1.76.